The van der Waals surface area contributed by atoms with Gasteiger partial charge in [-0.15, -0.1) is 0 Å². The molecule has 0 aliphatic carbocycles. The number of aryl methyl sites for hydroxylation is 1. The van der Waals surface area contributed by atoms with Gasteiger partial charge in [-0.2, -0.15) is 18.3 Å². The van der Waals surface area contributed by atoms with Crippen molar-refractivity contribution in [3.8, 4) is 11.4 Å². The molecule has 13 heteroatoms. The highest BCUT2D eigenvalue weighted by Gasteiger charge is 2.56. The fourth-order valence-electron chi connectivity index (χ4n) is 5.13. The molecule has 0 aliphatic heterocycles. The zero-order valence-electron chi connectivity index (χ0n) is 24.5. The van der Waals surface area contributed by atoms with Crippen molar-refractivity contribution in [2.24, 2.45) is 5.73 Å². The zero-order chi connectivity index (χ0) is 32.6. The van der Waals surface area contributed by atoms with Crippen LogP contribution >= 0.6 is 0 Å². The van der Waals surface area contributed by atoms with Gasteiger partial charge in [0.05, 0.1) is 23.9 Å². The first-order chi connectivity index (χ1) is 20.4. The second-order valence-electron chi connectivity index (χ2n) is 11.6. The van der Waals surface area contributed by atoms with Crippen LogP contribution in [0, 0.1) is 12.7 Å². The third kappa shape index (κ3) is 6.62. The number of hydrogen-bond acceptors (Lipinski definition) is 6. The molecule has 0 saturated heterocycles. The van der Waals surface area contributed by atoms with Crippen LogP contribution in [0.25, 0.3) is 16.6 Å². The minimum atomic E-state index is -5.08. The molecule has 0 aliphatic rings. The zero-order valence-corrected chi connectivity index (χ0v) is 24.5. The standard InChI is InChI=1S/C31H33F4N5O4/c1-17-10-24(37-16-30(44,31(33,34)35)15-29(3,4)23-13-20(32)8-9-26(23)41)22-14-38-40(25(22)11-17)21-7-5-6-19(12-21)28(43)39-18(2)27(36)42/h5-14,18,37,41,44H,15-16H2,1-4H3,(H2,36,42)(H,39,43). The fraction of sp³-hybridized carbons (Fsp3) is 0.323. The molecule has 2 unspecified atom stereocenters. The first-order valence-corrected chi connectivity index (χ1v) is 13.6. The number of rotatable bonds is 10. The molecule has 4 aromatic rings. The summed E-state index contributed by atoms with van der Waals surface area (Å²) in [6.45, 7) is 5.01. The number of carbonyl (C=O) groups is 2. The highest BCUT2D eigenvalue weighted by Crippen LogP contribution is 2.44. The Morgan fingerprint density at radius 3 is 2.45 bits per heavy atom. The molecule has 9 nitrogen and oxygen atoms in total. The van der Waals surface area contributed by atoms with E-state index in [1.165, 1.54) is 37.7 Å². The van der Waals surface area contributed by atoms with Crippen LogP contribution in [0.3, 0.4) is 0 Å². The number of amides is 2. The minimum absolute atomic E-state index is 0.0700. The number of fused-ring (bicyclic) bond motifs is 1. The van der Waals surface area contributed by atoms with Crippen LogP contribution in [0.5, 0.6) is 5.75 Å². The Balaban J connectivity index is 1.65. The number of halogens is 4. The van der Waals surface area contributed by atoms with Crippen LogP contribution in [0.15, 0.2) is 60.8 Å². The lowest BCUT2D eigenvalue weighted by molar-refractivity contribution is -0.260. The number of nitrogens with one attached hydrogen (secondary N) is 2. The predicted octanol–water partition coefficient (Wildman–Crippen LogP) is 4.86. The number of phenols is 1. The van der Waals surface area contributed by atoms with E-state index in [0.29, 0.717) is 22.2 Å². The van der Waals surface area contributed by atoms with Gasteiger partial charge in [-0.1, -0.05) is 19.9 Å². The van der Waals surface area contributed by atoms with Crippen molar-refractivity contribution in [3.63, 3.8) is 0 Å². The summed E-state index contributed by atoms with van der Waals surface area (Å²) >= 11 is 0. The third-order valence-corrected chi connectivity index (χ3v) is 7.48. The van der Waals surface area contributed by atoms with E-state index in [4.69, 9.17) is 5.73 Å². The predicted molar refractivity (Wildman–Crippen MR) is 157 cm³/mol. The molecule has 234 valence electrons. The fourth-order valence-corrected chi connectivity index (χ4v) is 5.13. The van der Waals surface area contributed by atoms with Crippen molar-refractivity contribution in [3.05, 3.63) is 83.3 Å². The van der Waals surface area contributed by atoms with Crippen molar-refractivity contribution in [2.45, 2.75) is 57.3 Å². The summed E-state index contributed by atoms with van der Waals surface area (Å²) in [6.07, 6.45) is -4.52. The smallest absolute Gasteiger partial charge is 0.418 e. The van der Waals surface area contributed by atoms with Crippen molar-refractivity contribution in [1.29, 1.82) is 0 Å². The Morgan fingerprint density at radius 2 is 1.80 bits per heavy atom. The number of aliphatic hydroxyl groups is 1. The Hall–Kier alpha value is -4.65. The number of hydrogen-bond donors (Lipinski definition) is 5. The van der Waals surface area contributed by atoms with E-state index in [9.17, 15) is 37.4 Å². The molecule has 0 bridgehead atoms. The molecule has 0 saturated carbocycles. The Kier molecular flexibility index (Phi) is 8.65. The third-order valence-electron chi connectivity index (χ3n) is 7.48. The molecule has 4 rings (SSSR count). The maximum Gasteiger partial charge on any atom is 0.418 e. The van der Waals surface area contributed by atoms with Gasteiger partial charge in [0.2, 0.25) is 5.91 Å². The van der Waals surface area contributed by atoms with Gasteiger partial charge in [-0.05, 0) is 79.8 Å². The van der Waals surface area contributed by atoms with E-state index in [1.807, 2.05) is 0 Å². The first-order valence-electron chi connectivity index (χ1n) is 13.6. The molecule has 1 heterocycles. The average molecular weight is 616 g/mol. The van der Waals surface area contributed by atoms with Crippen LogP contribution in [0.1, 0.15) is 48.7 Å². The number of primary amides is 1. The summed E-state index contributed by atoms with van der Waals surface area (Å²) in [5.41, 5.74) is 2.56. The number of nitrogens with zero attached hydrogens (tertiary/aromatic N) is 2. The Labute approximate surface area is 250 Å². The molecule has 6 N–H and O–H groups in total. The molecule has 0 radical (unpaired) electrons. The molecule has 0 spiro atoms. The summed E-state index contributed by atoms with van der Waals surface area (Å²) in [5.74, 6) is -2.35. The van der Waals surface area contributed by atoms with Gasteiger partial charge in [-0.25, -0.2) is 9.07 Å². The van der Waals surface area contributed by atoms with E-state index in [-0.39, 0.29) is 22.6 Å². The van der Waals surface area contributed by atoms with Crippen LogP contribution in [-0.2, 0) is 10.2 Å². The van der Waals surface area contributed by atoms with E-state index in [0.717, 1.165) is 18.2 Å². The van der Waals surface area contributed by atoms with Crippen molar-refractivity contribution < 1.29 is 37.4 Å². The number of alkyl halides is 3. The van der Waals surface area contributed by atoms with Crippen LogP contribution in [0.4, 0.5) is 23.2 Å². The van der Waals surface area contributed by atoms with Crippen LogP contribution in [-0.4, -0.2) is 56.2 Å². The van der Waals surface area contributed by atoms with E-state index in [2.05, 4.69) is 15.7 Å². The second kappa shape index (κ2) is 11.8. The molecular formula is C31H33F4N5O4. The van der Waals surface area contributed by atoms with Gasteiger partial charge in [0.25, 0.3) is 5.91 Å². The number of anilines is 1. The number of benzene rings is 3. The SMILES string of the molecule is Cc1cc(NCC(O)(CC(C)(C)c2cc(F)ccc2O)C(F)(F)F)c2cnn(-c3cccc(C(=O)NC(C)C(N)=O)c3)c2c1. The summed E-state index contributed by atoms with van der Waals surface area (Å²) in [7, 11) is 0. The highest BCUT2D eigenvalue weighted by atomic mass is 19.4. The quantitative estimate of drug-likeness (QED) is 0.161. The van der Waals surface area contributed by atoms with Crippen molar-refractivity contribution >= 4 is 28.4 Å². The van der Waals surface area contributed by atoms with Gasteiger partial charge >= 0.3 is 6.18 Å². The summed E-state index contributed by atoms with van der Waals surface area (Å²) < 4.78 is 58.5. The van der Waals surface area contributed by atoms with Crippen molar-refractivity contribution in [2.75, 3.05) is 11.9 Å². The van der Waals surface area contributed by atoms with Gasteiger partial charge in [0.1, 0.15) is 17.6 Å². The van der Waals surface area contributed by atoms with E-state index in [1.54, 1.807) is 37.3 Å². The molecule has 0 fully saturated rings. The van der Waals surface area contributed by atoms with Gasteiger partial charge in [0, 0.05) is 22.2 Å². The lowest BCUT2D eigenvalue weighted by Gasteiger charge is -2.38. The molecule has 44 heavy (non-hydrogen) atoms. The van der Waals surface area contributed by atoms with Crippen LogP contribution in [0.2, 0.25) is 0 Å². The van der Waals surface area contributed by atoms with E-state index >= 15 is 0 Å². The molecule has 1 aromatic heterocycles. The average Bonchev–Trinajstić information content (AvgIpc) is 3.36. The maximum absolute atomic E-state index is 14.4. The van der Waals surface area contributed by atoms with E-state index < -0.39 is 53.8 Å². The normalized spacial score (nSPS) is 14.2. The number of phenolic OH excluding ortho intramolecular Hbond substituents is 1. The van der Waals surface area contributed by atoms with Gasteiger partial charge < -0.3 is 26.6 Å². The Bertz CT molecular complexity index is 1720. The van der Waals surface area contributed by atoms with Gasteiger partial charge in [0.15, 0.2) is 5.60 Å². The summed E-state index contributed by atoms with van der Waals surface area (Å²) in [6, 6.07) is 11.9. The molecular weight excluding hydrogens is 582 g/mol. The summed E-state index contributed by atoms with van der Waals surface area (Å²) in [5, 5.41) is 31.3. The number of aromatic hydroxyl groups is 1. The number of aromatic nitrogens is 2. The van der Waals surface area contributed by atoms with Crippen LogP contribution < -0.4 is 16.4 Å². The lowest BCUT2D eigenvalue weighted by atomic mass is 9.74. The maximum atomic E-state index is 14.4. The molecule has 3 aromatic carbocycles. The first kappa shape index (κ1) is 32.3. The molecule has 2 atom stereocenters. The van der Waals surface area contributed by atoms with Crippen molar-refractivity contribution in [1.82, 2.24) is 15.1 Å². The van der Waals surface area contributed by atoms with Gasteiger partial charge in [-0.3, -0.25) is 9.59 Å². The number of carbonyl (C=O) groups excluding carboxylic acids is 2. The monoisotopic (exact) mass is 615 g/mol. The summed E-state index contributed by atoms with van der Waals surface area (Å²) in [4.78, 5) is 24.0. The number of nitrogens with two attached hydrogens (primary N) is 1. The highest BCUT2D eigenvalue weighted by molar-refractivity contribution is 5.98. The Morgan fingerprint density at radius 1 is 1.09 bits per heavy atom. The second-order valence-corrected chi connectivity index (χ2v) is 11.6. The molecule has 2 amide bonds. The largest absolute Gasteiger partial charge is 0.508 e. The lowest BCUT2D eigenvalue weighted by Crippen LogP contribution is -2.53. The topological polar surface area (TPSA) is 142 Å². The minimum Gasteiger partial charge on any atom is -0.508 e.